The molecule has 23 heavy (non-hydrogen) atoms. The van der Waals surface area contributed by atoms with Gasteiger partial charge in [-0.1, -0.05) is 38.3 Å². The van der Waals surface area contributed by atoms with Crippen molar-refractivity contribution in [2.24, 2.45) is 4.99 Å². The fourth-order valence-corrected chi connectivity index (χ4v) is 3.80. The molecule has 0 saturated heterocycles. The van der Waals surface area contributed by atoms with Crippen molar-refractivity contribution in [1.82, 2.24) is 4.57 Å². The van der Waals surface area contributed by atoms with Gasteiger partial charge in [0, 0.05) is 29.2 Å². The quantitative estimate of drug-likeness (QED) is 0.623. The molecular formula is C21H28N2. The molecule has 2 heteroatoms. The number of hydrogen-bond donors (Lipinski definition) is 0. The van der Waals surface area contributed by atoms with Gasteiger partial charge in [0.1, 0.15) is 0 Å². The number of nitrogens with zero attached hydrogens (tertiary/aromatic N) is 2. The van der Waals surface area contributed by atoms with Crippen molar-refractivity contribution in [3.8, 4) is 0 Å². The van der Waals surface area contributed by atoms with Crippen LogP contribution in [0.3, 0.4) is 0 Å². The summed E-state index contributed by atoms with van der Waals surface area (Å²) in [4.78, 5) is 4.67. The second-order valence-electron chi connectivity index (χ2n) is 6.77. The Balaban J connectivity index is 1.81. The van der Waals surface area contributed by atoms with Gasteiger partial charge in [-0.25, -0.2) is 0 Å². The lowest BCUT2D eigenvalue weighted by molar-refractivity contribution is 0.346. The number of benzene rings is 1. The first-order chi connectivity index (χ1) is 11.2. The summed E-state index contributed by atoms with van der Waals surface area (Å²) >= 11 is 0. The third-order valence-corrected chi connectivity index (χ3v) is 5.16. The third kappa shape index (κ3) is 3.57. The number of rotatable bonds is 4. The highest BCUT2D eigenvalue weighted by atomic mass is 15.0. The van der Waals surface area contributed by atoms with Gasteiger partial charge in [0.25, 0.3) is 0 Å². The molecule has 0 unspecified atom stereocenters. The van der Waals surface area contributed by atoms with Crippen molar-refractivity contribution in [3.05, 3.63) is 52.8 Å². The highest BCUT2D eigenvalue weighted by Gasteiger charge is 2.19. The van der Waals surface area contributed by atoms with Crippen molar-refractivity contribution in [2.45, 2.75) is 65.3 Å². The lowest BCUT2D eigenvalue weighted by Crippen LogP contribution is -2.15. The number of aromatic nitrogens is 1. The molecule has 3 rings (SSSR count). The molecule has 0 atom stereocenters. The zero-order chi connectivity index (χ0) is 16.2. The molecule has 1 aromatic carbocycles. The normalized spacial score (nSPS) is 16.3. The second kappa shape index (κ2) is 7.16. The average molecular weight is 308 g/mol. The predicted molar refractivity (Wildman–Crippen MR) is 99.1 cm³/mol. The highest BCUT2D eigenvalue weighted by molar-refractivity contribution is 5.83. The minimum Gasteiger partial charge on any atom is -0.345 e. The van der Waals surface area contributed by atoms with E-state index in [0.717, 1.165) is 12.1 Å². The van der Waals surface area contributed by atoms with E-state index >= 15 is 0 Å². The molecule has 0 aliphatic heterocycles. The van der Waals surface area contributed by atoms with Gasteiger partial charge in [-0.15, -0.1) is 0 Å². The van der Waals surface area contributed by atoms with Crippen LogP contribution in [0.1, 0.15) is 67.6 Å². The van der Waals surface area contributed by atoms with Crippen LogP contribution < -0.4 is 0 Å². The van der Waals surface area contributed by atoms with Crippen LogP contribution in [0.4, 0.5) is 5.69 Å². The number of hydrogen-bond acceptors (Lipinski definition) is 1. The molecule has 122 valence electrons. The van der Waals surface area contributed by atoms with Gasteiger partial charge >= 0.3 is 0 Å². The van der Waals surface area contributed by atoms with Crippen LogP contribution in [0.15, 0.2) is 35.3 Å². The monoisotopic (exact) mass is 308 g/mol. The molecule has 2 nitrogen and oxygen atoms in total. The van der Waals surface area contributed by atoms with E-state index in [4.69, 9.17) is 0 Å². The maximum absolute atomic E-state index is 4.67. The first kappa shape index (κ1) is 16.0. The van der Waals surface area contributed by atoms with E-state index in [1.807, 2.05) is 6.21 Å². The SMILES string of the molecule is CCc1ccc(N=Cc2cc(C)n(C3CCCCC3)c2C)cc1. The van der Waals surface area contributed by atoms with Crippen molar-refractivity contribution in [1.29, 1.82) is 0 Å². The Hall–Kier alpha value is -1.83. The van der Waals surface area contributed by atoms with E-state index in [-0.39, 0.29) is 0 Å². The molecule has 0 N–H and O–H groups in total. The Kier molecular flexibility index (Phi) is 5.00. The summed E-state index contributed by atoms with van der Waals surface area (Å²) in [5, 5.41) is 0. The van der Waals surface area contributed by atoms with Crippen molar-refractivity contribution in [3.63, 3.8) is 0 Å². The standard InChI is InChI=1S/C21H28N2/c1-4-18-10-12-20(13-11-18)22-15-19-14-16(2)23(17(19)3)21-8-6-5-7-9-21/h10-15,21H,4-9H2,1-3H3. The lowest BCUT2D eigenvalue weighted by atomic mass is 9.95. The van der Waals surface area contributed by atoms with Crippen LogP contribution in [0.25, 0.3) is 0 Å². The van der Waals surface area contributed by atoms with Gasteiger partial charge in [0.2, 0.25) is 0 Å². The minimum atomic E-state index is 0.690. The van der Waals surface area contributed by atoms with E-state index in [0.29, 0.717) is 6.04 Å². The van der Waals surface area contributed by atoms with Crippen LogP contribution in [0, 0.1) is 13.8 Å². The Bertz CT molecular complexity index is 671. The van der Waals surface area contributed by atoms with Crippen molar-refractivity contribution >= 4 is 11.9 Å². The molecule has 1 fully saturated rings. The predicted octanol–water partition coefficient (Wildman–Crippen LogP) is 5.92. The molecule has 0 amide bonds. The largest absolute Gasteiger partial charge is 0.345 e. The van der Waals surface area contributed by atoms with Gasteiger partial charge in [-0.2, -0.15) is 0 Å². The average Bonchev–Trinajstić information content (AvgIpc) is 2.88. The molecule has 1 heterocycles. The summed E-state index contributed by atoms with van der Waals surface area (Å²) in [6, 6.07) is 11.5. The third-order valence-electron chi connectivity index (χ3n) is 5.16. The molecule has 1 saturated carbocycles. The van der Waals surface area contributed by atoms with Crippen molar-refractivity contribution in [2.75, 3.05) is 0 Å². The first-order valence-electron chi connectivity index (χ1n) is 9.00. The Morgan fingerprint density at radius 1 is 1.09 bits per heavy atom. The van der Waals surface area contributed by atoms with Crippen molar-refractivity contribution < 1.29 is 0 Å². The van der Waals surface area contributed by atoms with E-state index in [2.05, 4.69) is 60.7 Å². The summed E-state index contributed by atoms with van der Waals surface area (Å²) in [6.07, 6.45) is 9.90. The van der Waals surface area contributed by atoms with E-state index in [1.165, 1.54) is 54.6 Å². The van der Waals surface area contributed by atoms with E-state index in [1.54, 1.807) is 0 Å². The minimum absolute atomic E-state index is 0.690. The van der Waals surface area contributed by atoms with E-state index in [9.17, 15) is 0 Å². The summed E-state index contributed by atoms with van der Waals surface area (Å²) < 4.78 is 2.54. The summed E-state index contributed by atoms with van der Waals surface area (Å²) in [5.74, 6) is 0. The van der Waals surface area contributed by atoms with Crippen LogP contribution in [0.2, 0.25) is 0 Å². The fraction of sp³-hybridized carbons (Fsp3) is 0.476. The van der Waals surface area contributed by atoms with Crippen LogP contribution >= 0.6 is 0 Å². The van der Waals surface area contributed by atoms with Gasteiger partial charge < -0.3 is 4.57 Å². The highest BCUT2D eigenvalue weighted by Crippen LogP contribution is 2.31. The zero-order valence-corrected chi connectivity index (χ0v) is 14.7. The van der Waals surface area contributed by atoms with Gasteiger partial charge in [0.05, 0.1) is 5.69 Å². The van der Waals surface area contributed by atoms with Gasteiger partial charge in [-0.05, 0) is 56.9 Å². The van der Waals surface area contributed by atoms with Crippen LogP contribution in [-0.4, -0.2) is 10.8 Å². The zero-order valence-electron chi connectivity index (χ0n) is 14.7. The Morgan fingerprint density at radius 3 is 2.43 bits per heavy atom. The molecular weight excluding hydrogens is 280 g/mol. The van der Waals surface area contributed by atoms with Gasteiger partial charge in [0.15, 0.2) is 0 Å². The van der Waals surface area contributed by atoms with Gasteiger partial charge in [-0.3, -0.25) is 4.99 Å². The number of aryl methyl sites for hydroxylation is 2. The summed E-state index contributed by atoms with van der Waals surface area (Å²) in [5.41, 5.74) is 6.39. The molecule has 0 spiro atoms. The number of aliphatic imine (C=N–C) groups is 1. The van der Waals surface area contributed by atoms with Crippen LogP contribution in [0.5, 0.6) is 0 Å². The lowest BCUT2D eigenvalue weighted by Gasteiger charge is -2.26. The molecule has 1 aromatic heterocycles. The fourth-order valence-electron chi connectivity index (χ4n) is 3.80. The Morgan fingerprint density at radius 2 is 1.78 bits per heavy atom. The summed E-state index contributed by atoms with van der Waals surface area (Å²) in [6.45, 7) is 6.65. The smallest absolute Gasteiger partial charge is 0.0630 e. The molecule has 0 radical (unpaired) electrons. The Labute approximate surface area is 140 Å². The molecule has 0 bridgehead atoms. The molecule has 2 aromatic rings. The molecule has 1 aliphatic carbocycles. The second-order valence-corrected chi connectivity index (χ2v) is 6.77. The van der Waals surface area contributed by atoms with Crippen LogP contribution in [-0.2, 0) is 6.42 Å². The maximum Gasteiger partial charge on any atom is 0.0630 e. The maximum atomic E-state index is 4.67. The van der Waals surface area contributed by atoms with E-state index < -0.39 is 0 Å². The summed E-state index contributed by atoms with van der Waals surface area (Å²) in [7, 11) is 0. The first-order valence-corrected chi connectivity index (χ1v) is 9.00. The topological polar surface area (TPSA) is 17.3 Å². The molecule has 1 aliphatic rings.